The lowest BCUT2D eigenvalue weighted by Gasteiger charge is -2.10. The van der Waals surface area contributed by atoms with Crippen LogP contribution in [0.1, 0.15) is 90.4 Å². The third kappa shape index (κ3) is 15.9. The topological polar surface area (TPSA) is 3.24 Å². The van der Waals surface area contributed by atoms with Crippen molar-refractivity contribution >= 4 is 0 Å². The highest BCUT2D eigenvalue weighted by atomic mass is 19.1. The van der Waals surface area contributed by atoms with Crippen LogP contribution in [0.5, 0.6) is 0 Å². The molecule has 1 nitrogen and oxygen atoms in total. The summed E-state index contributed by atoms with van der Waals surface area (Å²) in [4.78, 5) is 2.20. The molecule has 0 saturated carbocycles. The van der Waals surface area contributed by atoms with Crippen LogP contribution < -0.4 is 0 Å². The van der Waals surface area contributed by atoms with Crippen molar-refractivity contribution < 1.29 is 4.39 Å². The van der Waals surface area contributed by atoms with Gasteiger partial charge in [-0.05, 0) is 39.9 Å². The van der Waals surface area contributed by atoms with E-state index in [-0.39, 0.29) is 0 Å². The molecule has 1 atom stereocenters. The summed E-state index contributed by atoms with van der Waals surface area (Å²) in [6, 6.07) is 0. The van der Waals surface area contributed by atoms with E-state index in [1.54, 1.807) is 0 Å². The first-order chi connectivity index (χ1) is 9.66. The van der Waals surface area contributed by atoms with Gasteiger partial charge in [0, 0.05) is 0 Å². The number of nitrogens with zero attached hydrogens (tertiary/aromatic N) is 1. The molecule has 0 fully saturated rings. The number of rotatable bonds is 15. The second-order valence-electron chi connectivity index (χ2n) is 6.51. The number of halogens is 1. The van der Waals surface area contributed by atoms with E-state index in [0.29, 0.717) is 0 Å². The van der Waals surface area contributed by atoms with Crippen molar-refractivity contribution in [2.75, 3.05) is 20.6 Å². The van der Waals surface area contributed by atoms with Gasteiger partial charge >= 0.3 is 0 Å². The van der Waals surface area contributed by atoms with E-state index in [4.69, 9.17) is 0 Å². The molecule has 122 valence electrons. The standard InChI is InChI=1S/C18H38FN/c1-4-5-6-7-8-9-10-12-15-18(19)16-13-11-14-17-20(2)3/h18H,4-17H2,1-3H3. The summed E-state index contributed by atoms with van der Waals surface area (Å²) in [5.74, 6) is 0. The molecule has 0 rings (SSSR count). The summed E-state index contributed by atoms with van der Waals surface area (Å²) in [5.41, 5.74) is 0. The normalized spacial score (nSPS) is 13.1. The molecule has 1 unspecified atom stereocenters. The van der Waals surface area contributed by atoms with Crippen LogP contribution >= 0.6 is 0 Å². The minimum atomic E-state index is -0.547. The second kappa shape index (κ2) is 15.3. The van der Waals surface area contributed by atoms with Crippen molar-refractivity contribution in [2.24, 2.45) is 0 Å². The molecular weight excluding hydrogens is 249 g/mol. The van der Waals surface area contributed by atoms with Crippen LogP contribution in [-0.4, -0.2) is 31.7 Å². The maximum atomic E-state index is 13.7. The molecular formula is C18H38FN. The van der Waals surface area contributed by atoms with E-state index in [9.17, 15) is 4.39 Å². The maximum absolute atomic E-state index is 13.7. The molecule has 0 aromatic heterocycles. The Labute approximate surface area is 127 Å². The van der Waals surface area contributed by atoms with Gasteiger partial charge < -0.3 is 4.90 Å². The molecule has 0 aliphatic carbocycles. The highest BCUT2D eigenvalue weighted by molar-refractivity contribution is 4.58. The van der Waals surface area contributed by atoms with Crippen LogP contribution in [0.4, 0.5) is 4.39 Å². The Balaban J connectivity index is 3.14. The molecule has 0 heterocycles. The van der Waals surface area contributed by atoms with Gasteiger partial charge in [-0.2, -0.15) is 0 Å². The zero-order valence-corrected chi connectivity index (χ0v) is 14.3. The first kappa shape index (κ1) is 19.9. The van der Waals surface area contributed by atoms with Crippen LogP contribution in [0.2, 0.25) is 0 Å². The third-order valence-corrected chi connectivity index (χ3v) is 3.99. The van der Waals surface area contributed by atoms with Crippen molar-refractivity contribution in [1.82, 2.24) is 4.90 Å². The highest BCUT2D eigenvalue weighted by Crippen LogP contribution is 2.15. The molecule has 0 N–H and O–H groups in total. The summed E-state index contributed by atoms with van der Waals surface area (Å²) < 4.78 is 13.7. The SMILES string of the molecule is CCCCCCCCCCC(F)CCCCCN(C)C. The summed E-state index contributed by atoms with van der Waals surface area (Å²) in [5, 5.41) is 0. The van der Waals surface area contributed by atoms with Gasteiger partial charge in [0.15, 0.2) is 0 Å². The summed E-state index contributed by atoms with van der Waals surface area (Å²) >= 11 is 0. The van der Waals surface area contributed by atoms with Crippen LogP contribution in [0.3, 0.4) is 0 Å². The predicted octanol–water partition coefficient (Wildman–Crippen LogP) is 5.98. The molecule has 0 saturated heterocycles. The minimum Gasteiger partial charge on any atom is -0.309 e. The fourth-order valence-corrected chi connectivity index (χ4v) is 2.61. The summed E-state index contributed by atoms with van der Waals surface area (Å²) in [6.45, 7) is 3.39. The molecule has 0 spiro atoms. The zero-order chi connectivity index (χ0) is 15.1. The van der Waals surface area contributed by atoms with Crippen LogP contribution in [0.25, 0.3) is 0 Å². The van der Waals surface area contributed by atoms with Crippen molar-refractivity contribution in [2.45, 2.75) is 96.6 Å². The summed E-state index contributed by atoms with van der Waals surface area (Å²) in [6.07, 6.45) is 14.9. The van der Waals surface area contributed by atoms with Crippen molar-refractivity contribution in [3.8, 4) is 0 Å². The zero-order valence-electron chi connectivity index (χ0n) is 14.3. The van der Waals surface area contributed by atoms with E-state index in [2.05, 4.69) is 25.9 Å². The van der Waals surface area contributed by atoms with Gasteiger partial charge in [-0.3, -0.25) is 0 Å². The van der Waals surface area contributed by atoms with Crippen molar-refractivity contribution in [1.29, 1.82) is 0 Å². The predicted molar refractivity (Wildman–Crippen MR) is 89.1 cm³/mol. The Hall–Kier alpha value is -0.110. The molecule has 0 aromatic rings. The van der Waals surface area contributed by atoms with Gasteiger partial charge in [0.1, 0.15) is 6.17 Å². The Morgan fingerprint density at radius 2 is 1.15 bits per heavy atom. The molecule has 0 aromatic carbocycles. The Morgan fingerprint density at radius 1 is 0.700 bits per heavy atom. The quantitative estimate of drug-likeness (QED) is 0.335. The van der Waals surface area contributed by atoms with Gasteiger partial charge in [0.25, 0.3) is 0 Å². The van der Waals surface area contributed by atoms with Crippen LogP contribution in [-0.2, 0) is 0 Å². The van der Waals surface area contributed by atoms with Crippen molar-refractivity contribution in [3.63, 3.8) is 0 Å². The van der Waals surface area contributed by atoms with E-state index >= 15 is 0 Å². The van der Waals surface area contributed by atoms with E-state index in [1.807, 2.05) is 0 Å². The first-order valence-electron chi connectivity index (χ1n) is 8.95. The minimum absolute atomic E-state index is 0.547. The van der Waals surface area contributed by atoms with Crippen LogP contribution in [0.15, 0.2) is 0 Å². The molecule has 0 aliphatic rings. The Bertz CT molecular complexity index is 182. The molecule has 20 heavy (non-hydrogen) atoms. The lowest BCUT2D eigenvalue weighted by molar-refractivity contribution is 0.277. The fraction of sp³-hybridized carbons (Fsp3) is 1.00. The third-order valence-electron chi connectivity index (χ3n) is 3.99. The fourth-order valence-electron chi connectivity index (χ4n) is 2.61. The summed E-state index contributed by atoms with van der Waals surface area (Å²) in [7, 11) is 4.19. The van der Waals surface area contributed by atoms with E-state index in [1.165, 1.54) is 57.8 Å². The average molecular weight is 288 g/mol. The van der Waals surface area contributed by atoms with E-state index in [0.717, 1.165) is 32.2 Å². The lowest BCUT2D eigenvalue weighted by Crippen LogP contribution is -2.12. The van der Waals surface area contributed by atoms with Crippen molar-refractivity contribution in [3.05, 3.63) is 0 Å². The molecule has 0 bridgehead atoms. The largest absolute Gasteiger partial charge is 0.309 e. The van der Waals surface area contributed by atoms with Gasteiger partial charge in [-0.1, -0.05) is 71.1 Å². The number of unbranched alkanes of at least 4 members (excludes halogenated alkanes) is 9. The molecule has 0 radical (unpaired) electrons. The smallest absolute Gasteiger partial charge is 0.100 e. The lowest BCUT2D eigenvalue weighted by atomic mass is 10.0. The maximum Gasteiger partial charge on any atom is 0.100 e. The first-order valence-corrected chi connectivity index (χ1v) is 8.95. The monoisotopic (exact) mass is 287 g/mol. The van der Waals surface area contributed by atoms with Crippen LogP contribution in [0, 0.1) is 0 Å². The molecule has 0 amide bonds. The van der Waals surface area contributed by atoms with Gasteiger partial charge in [-0.25, -0.2) is 4.39 Å². The van der Waals surface area contributed by atoms with E-state index < -0.39 is 6.17 Å². The van der Waals surface area contributed by atoms with Gasteiger partial charge in [0.2, 0.25) is 0 Å². The average Bonchev–Trinajstić information content (AvgIpc) is 2.41. The number of hydrogen-bond acceptors (Lipinski definition) is 1. The van der Waals surface area contributed by atoms with Gasteiger partial charge in [0.05, 0.1) is 0 Å². The highest BCUT2D eigenvalue weighted by Gasteiger charge is 2.05. The molecule has 0 aliphatic heterocycles. The Kier molecular flexibility index (Phi) is 15.2. The van der Waals surface area contributed by atoms with Gasteiger partial charge in [-0.15, -0.1) is 0 Å². The second-order valence-corrected chi connectivity index (χ2v) is 6.51. The Morgan fingerprint density at radius 3 is 1.65 bits per heavy atom. The molecule has 2 heteroatoms. The number of hydrogen-bond donors (Lipinski definition) is 0. The number of alkyl halides is 1.